The van der Waals surface area contributed by atoms with Crippen molar-refractivity contribution in [2.75, 3.05) is 5.32 Å². The molecule has 0 saturated heterocycles. The molecule has 42 heavy (non-hydrogen) atoms. The second-order valence-corrected chi connectivity index (χ2v) is 9.82. The van der Waals surface area contributed by atoms with Gasteiger partial charge in [-0.15, -0.1) is 0 Å². The lowest BCUT2D eigenvalue weighted by Gasteiger charge is -2.14. The van der Waals surface area contributed by atoms with Gasteiger partial charge >= 0.3 is 5.97 Å². The van der Waals surface area contributed by atoms with E-state index in [1.807, 2.05) is 29.0 Å². The Morgan fingerprint density at radius 1 is 0.833 bits per heavy atom. The summed E-state index contributed by atoms with van der Waals surface area (Å²) in [6, 6.07) is 25.9. The fourth-order valence-electron chi connectivity index (χ4n) is 4.88. The molecule has 2 heterocycles. The van der Waals surface area contributed by atoms with Gasteiger partial charge in [0.25, 0.3) is 5.91 Å². The second kappa shape index (κ2) is 11.1. The van der Waals surface area contributed by atoms with Crippen LogP contribution < -0.4 is 10.6 Å². The van der Waals surface area contributed by atoms with E-state index in [1.165, 1.54) is 36.4 Å². The molecule has 0 aliphatic carbocycles. The van der Waals surface area contributed by atoms with E-state index in [2.05, 4.69) is 15.6 Å². The first kappa shape index (κ1) is 26.6. The number of benzene rings is 4. The molecule has 0 spiro atoms. The smallest absolute Gasteiger partial charge is 0.335 e. The number of hydrogen-bond donors (Lipinski definition) is 3. The third-order valence-electron chi connectivity index (χ3n) is 6.99. The van der Waals surface area contributed by atoms with Crippen LogP contribution in [0.1, 0.15) is 32.0 Å². The standard InChI is InChI=1S/C33H24F2N4O3/c34-23-8-11-25(12-9-23)37-29-14-13-28(32(40)36-18-20-1-3-22(4-2-20)33(41)42)31-27(29)15-16-39(31)19-26-10-6-21-5-7-24(35)17-30(21)38-26/h1-17,37H,18-19H2,(H,36,40)(H,41,42). The zero-order valence-electron chi connectivity index (χ0n) is 22.1. The molecule has 0 radical (unpaired) electrons. The van der Waals surface area contributed by atoms with Crippen molar-refractivity contribution in [1.82, 2.24) is 14.9 Å². The number of carboxylic acid groups (broad SMARTS) is 1. The summed E-state index contributed by atoms with van der Waals surface area (Å²) in [5.74, 6) is -2.05. The van der Waals surface area contributed by atoms with E-state index in [1.54, 1.807) is 42.5 Å². The number of hydrogen-bond acceptors (Lipinski definition) is 4. The lowest BCUT2D eigenvalue weighted by atomic mass is 10.1. The fourth-order valence-corrected chi connectivity index (χ4v) is 4.88. The van der Waals surface area contributed by atoms with Gasteiger partial charge in [-0.2, -0.15) is 0 Å². The lowest BCUT2D eigenvalue weighted by molar-refractivity contribution is 0.0696. The summed E-state index contributed by atoms with van der Waals surface area (Å²) in [6.07, 6.45) is 1.86. The highest BCUT2D eigenvalue weighted by molar-refractivity contribution is 6.09. The molecule has 4 aromatic carbocycles. The molecule has 6 aromatic rings. The number of fused-ring (bicyclic) bond motifs is 2. The van der Waals surface area contributed by atoms with Crippen molar-refractivity contribution in [3.63, 3.8) is 0 Å². The summed E-state index contributed by atoms with van der Waals surface area (Å²) in [4.78, 5) is 29.3. The first-order chi connectivity index (χ1) is 20.3. The van der Waals surface area contributed by atoms with Crippen LogP contribution in [-0.2, 0) is 13.1 Å². The van der Waals surface area contributed by atoms with Gasteiger partial charge < -0.3 is 20.3 Å². The highest BCUT2D eigenvalue weighted by Gasteiger charge is 2.17. The first-order valence-electron chi connectivity index (χ1n) is 13.1. The van der Waals surface area contributed by atoms with Gasteiger partial charge in [-0.25, -0.2) is 13.6 Å². The predicted molar refractivity (Wildman–Crippen MR) is 157 cm³/mol. The Morgan fingerprint density at radius 3 is 2.33 bits per heavy atom. The van der Waals surface area contributed by atoms with E-state index in [9.17, 15) is 18.4 Å². The number of carbonyl (C=O) groups excluding carboxylic acids is 1. The number of amides is 1. The van der Waals surface area contributed by atoms with Gasteiger partial charge in [0.15, 0.2) is 0 Å². The highest BCUT2D eigenvalue weighted by atomic mass is 19.1. The Bertz CT molecular complexity index is 1950. The molecule has 7 nitrogen and oxygen atoms in total. The van der Waals surface area contributed by atoms with Crippen LogP contribution in [0.2, 0.25) is 0 Å². The summed E-state index contributed by atoms with van der Waals surface area (Å²) in [5, 5.41) is 16.9. The third-order valence-corrected chi connectivity index (χ3v) is 6.99. The van der Waals surface area contributed by atoms with E-state index < -0.39 is 5.97 Å². The Kier molecular flexibility index (Phi) is 7.06. The molecule has 0 bridgehead atoms. The molecule has 9 heteroatoms. The number of carbonyl (C=O) groups is 2. The number of carboxylic acids is 1. The lowest BCUT2D eigenvalue weighted by Crippen LogP contribution is -2.23. The minimum absolute atomic E-state index is 0.166. The van der Waals surface area contributed by atoms with Crippen molar-refractivity contribution < 1.29 is 23.5 Å². The van der Waals surface area contributed by atoms with Gasteiger partial charge in [-0.3, -0.25) is 9.78 Å². The van der Waals surface area contributed by atoms with Crippen LogP contribution in [-0.4, -0.2) is 26.5 Å². The van der Waals surface area contributed by atoms with E-state index in [0.29, 0.717) is 34.5 Å². The number of pyridine rings is 1. The molecule has 0 unspecified atom stereocenters. The van der Waals surface area contributed by atoms with Gasteiger partial charge in [-0.1, -0.05) is 18.2 Å². The molecular weight excluding hydrogens is 538 g/mol. The van der Waals surface area contributed by atoms with Crippen LogP contribution in [0.4, 0.5) is 20.2 Å². The van der Waals surface area contributed by atoms with Crippen molar-refractivity contribution in [2.24, 2.45) is 0 Å². The van der Waals surface area contributed by atoms with Gasteiger partial charge in [0.05, 0.1) is 34.4 Å². The number of nitrogens with one attached hydrogen (secondary N) is 2. The summed E-state index contributed by atoms with van der Waals surface area (Å²) in [6.45, 7) is 0.529. The van der Waals surface area contributed by atoms with Gasteiger partial charge in [0.1, 0.15) is 11.6 Å². The number of nitrogens with zero attached hydrogens (tertiary/aromatic N) is 2. The quantitative estimate of drug-likeness (QED) is 0.188. The summed E-state index contributed by atoms with van der Waals surface area (Å²) in [5.41, 5.74) is 4.63. The molecule has 6 rings (SSSR count). The van der Waals surface area contributed by atoms with E-state index in [-0.39, 0.29) is 29.6 Å². The zero-order valence-corrected chi connectivity index (χ0v) is 22.1. The molecule has 0 aliphatic rings. The molecule has 2 aromatic heterocycles. The van der Waals surface area contributed by atoms with Crippen LogP contribution in [0.15, 0.2) is 103 Å². The van der Waals surface area contributed by atoms with Crippen LogP contribution in [0.5, 0.6) is 0 Å². The Balaban J connectivity index is 1.35. The normalized spacial score (nSPS) is 11.1. The fraction of sp³-hybridized carbons (Fsp3) is 0.0606. The first-order valence-corrected chi connectivity index (χ1v) is 13.1. The molecule has 0 fully saturated rings. The van der Waals surface area contributed by atoms with Gasteiger partial charge in [-0.05, 0) is 78.4 Å². The van der Waals surface area contributed by atoms with E-state index in [4.69, 9.17) is 5.11 Å². The Morgan fingerprint density at radius 2 is 1.57 bits per heavy atom. The number of rotatable bonds is 8. The van der Waals surface area contributed by atoms with Crippen LogP contribution in [0.25, 0.3) is 21.8 Å². The molecule has 0 aliphatic heterocycles. The summed E-state index contributed by atoms with van der Waals surface area (Å²) < 4.78 is 29.2. The van der Waals surface area contributed by atoms with Crippen LogP contribution in [0.3, 0.4) is 0 Å². The van der Waals surface area contributed by atoms with Crippen molar-refractivity contribution in [3.05, 3.63) is 137 Å². The molecule has 1 amide bonds. The summed E-state index contributed by atoms with van der Waals surface area (Å²) in [7, 11) is 0. The van der Waals surface area contributed by atoms with Crippen molar-refractivity contribution in [3.8, 4) is 0 Å². The maximum absolute atomic E-state index is 13.8. The van der Waals surface area contributed by atoms with Crippen molar-refractivity contribution >= 4 is 45.1 Å². The number of halogens is 2. The average molecular weight is 563 g/mol. The average Bonchev–Trinajstić information content (AvgIpc) is 3.41. The third kappa shape index (κ3) is 5.53. The van der Waals surface area contributed by atoms with Crippen LogP contribution in [0, 0.1) is 11.6 Å². The largest absolute Gasteiger partial charge is 0.478 e. The number of anilines is 2. The van der Waals surface area contributed by atoms with Crippen molar-refractivity contribution in [2.45, 2.75) is 13.1 Å². The van der Waals surface area contributed by atoms with Gasteiger partial charge in [0, 0.05) is 41.0 Å². The molecule has 0 saturated carbocycles. The maximum atomic E-state index is 13.8. The van der Waals surface area contributed by atoms with E-state index >= 15 is 0 Å². The highest BCUT2D eigenvalue weighted by Crippen LogP contribution is 2.31. The predicted octanol–water partition coefficient (Wildman–Crippen LogP) is 6.89. The molecule has 208 valence electrons. The number of aromatic nitrogens is 2. The monoisotopic (exact) mass is 562 g/mol. The van der Waals surface area contributed by atoms with Crippen LogP contribution >= 0.6 is 0 Å². The maximum Gasteiger partial charge on any atom is 0.335 e. The minimum atomic E-state index is -1.02. The molecular formula is C33H24F2N4O3. The summed E-state index contributed by atoms with van der Waals surface area (Å²) >= 11 is 0. The number of aromatic carboxylic acids is 1. The topological polar surface area (TPSA) is 96.3 Å². The van der Waals surface area contributed by atoms with E-state index in [0.717, 1.165) is 22.0 Å². The minimum Gasteiger partial charge on any atom is -0.478 e. The SMILES string of the molecule is O=C(O)c1ccc(CNC(=O)c2ccc(Nc3ccc(F)cc3)c3ccn(Cc4ccc5ccc(F)cc5n4)c23)cc1. The van der Waals surface area contributed by atoms with Gasteiger partial charge in [0.2, 0.25) is 0 Å². The Hall–Kier alpha value is -5.57. The molecule has 3 N–H and O–H groups in total. The second-order valence-electron chi connectivity index (χ2n) is 9.82. The molecule has 0 atom stereocenters. The van der Waals surface area contributed by atoms with Crippen molar-refractivity contribution in [1.29, 1.82) is 0 Å². The Labute approximate surface area is 239 Å². The zero-order chi connectivity index (χ0) is 29.2.